The fourth-order valence-corrected chi connectivity index (χ4v) is 4.04. The van der Waals surface area contributed by atoms with Crippen molar-refractivity contribution >= 4 is 17.7 Å². The highest BCUT2D eigenvalue weighted by Gasteiger charge is 2.59. The zero-order chi connectivity index (χ0) is 25.8. The molecule has 0 spiro atoms. The van der Waals surface area contributed by atoms with Gasteiger partial charge < -0.3 is 10.2 Å². The number of piperidine rings is 1. The Kier molecular flexibility index (Phi) is 7.82. The molecule has 0 unspecified atom stereocenters. The Balaban J connectivity index is 1.30. The van der Waals surface area contributed by atoms with Gasteiger partial charge in [-0.1, -0.05) is 60.0 Å². The monoisotopic (exact) mass is 512 g/mol. The number of hydrogen-bond donors (Lipinski definition) is 2. The summed E-state index contributed by atoms with van der Waals surface area (Å²) in [5.41, 5.74) is 1.34. The molecule has 4 nitrogen and oxygen atoms in total. The highest BCUT2D eigenvalue weighted by Crippen LogP contribution is 2.38. The Bertz CT molecular complexity index is 1260. The Labute approximate surface area is 212 Å². The molecule has 186 valence electrons. The van der Waals surface area contributed by atoms with Gasteiger partial charge in [0, 0.05) is 48.4 Å². The number of β-amino-alcohol motifs (C(OH)–C–C–N with tert-alkyl or cyclic N) is 1. The van der Waals surface area contributed by atoms with Gasteiger partial charge in [0.1, 0.15) is 11.8 Å². The quantitative estimate of drug-likeness (QED) is 0.473. The molecule has 1 fully saturated rings. The van der Waals surface area contributed by atoms with Crippen LogP contribution in [0.2, 0.25) is 5.02 Å². The van der Waals surface area contributed by atoms with E-state index in [0.717, 1.165) is 22.3 Å². The van der Waals surface area contributed by atoms with Crippen LogP contribution in [0.15, 0.2) is 72.9 Å². The maximum Gasteiger partial charge on any atom is 0.419 e. The van der Waals surface area contributed by atoms with Gasteiger partial charge in [-0.15, -0.1) is 0 Å². The molecule has 3 aromatic rings. The van der Waals surface area contributed by atoms with Crippen molar-refractivity contribution in [3.05, 3.63) is 94.8 Å². The largest absolute Gasteiger partial charge is 0.419 e. The number of hydrogen-bond acceptors (Lipinski definition) is 4. The number of benzene rings is 2. The number of aliphatic hydroxyl groups is 2. The number of nitrogens with zero attached hydrogens (tertiary/aromatic N) is 2. The van der Waals surface area contributed by atoms with Gasteiger partial charge in [0.25, 0.3) is 0 Å². The summed E-state index contributed by atoms with van der Waals surface area (Å²) in [6.45, 7) is 0.161. The molecule has 1 aliphatic rings. The van der Waals surface area contributed by atoms with Crippen molar-refractivity contribution in [1.82, 2.24) is 9.88 Å². The van der Waals surface area contributed by atoms with Crippen LogP contribution < -0.4 is 0 Å². The molecule has 1 saturated heterocycles. The van der Waals surface area contributed by atoms with Gasteiger partial charge in [-0.05, 0) is 47.4 Å². The molecule has 0 saturated carbocycles. The molecule has 0 amide bonds. The fraction of sp³-hybridized carbons (Fsp3) is 0.250. The number of alkyl halides is 3. The average Bonchev–Trinajstić information content (AvgIpc) is 2.86. The number of aliphatic hydroxyl groups excluding tert-OH is 1. The van der Waals surface area contributed by atoms with E-state index < -0.39 is 24.3 Å². The van der Waals surface area contributed by atoms with Gasteiger partial charge in [0.15, 0.2) is 5.60 Å². The Morgan fingerprint density at radius 1 is 1.03 bits per heavy atom. The summed E-state index contributed by atoms with van der Waals surface area (Å²) in [7, 11) is 0. The van der Waals surface area contributed by atoms with E-state index >= 15 is 0 Å². The normalized spacial score (nSPS) is 20.8. The molecule has 0 aliphatic carbocycles. The summed E-state index contributed by atoms with van der Waals surface area (Å²) in [5, 5.41) is 20.3. The lowest BCUT2D eigenvalue weighted by Gasteiger charge is -2.42. The average molecular weight is 513 g/mol. The second-order valence-electron chi connectivity index (χ2n) is 8.66. The maximum atomic E-state index is 13.0. The molecule has 2 atom stereocenters. The van der Waals surface area contributed by atoms with Crippen molar-refractivity contribution in [3.63, 3.8) is 0 Å². The third kappa shape index (κ3) is 6.15. The van der Waals surface area contributed by atoms with Crippen LogP contribution in [-0.4, -0.2) is 57.6 Å². The lowest BCUT2D eigenvalue weighted by Crippen LogP contribution is -2.62. The number of pyridine rings is 1. The predicted molar refractivity (Wildman–Crippen MR) is 134 cm³/mol. The Hall–Kier alpha value is -3.15. The minimum absolute atomic E-state index is 0.0423. The molecule has 8 heteroatoms. The van der Waals surface area contributed by atoms with E-state index in [4.69, 9.17) is 11.6 Å². The minimum atomic E-state index is -4.85. The first kappa shape index (κ1) is 25.9. The van der Waals surface area contributed by atoms with E-state index in [0.29, 0.717) is 17.3 Å². The van der Waals surface area contributed by atoms with Crippen molar-refractivity contribution in [2.24, 2.45) is 0 Å². The summed E-state index contributed by atoms with van der Waals surface area (Å²) in [5.74, 6) is 6.13. The van der Waals surface area contributed by atoms with Gasteiger partial charge in [0.05, 0.1) is 0 Å². The van der Waals surface area contributed by atoms with E-state index in [1.54, 1.807) is 11.1 Å². The Morgan fingerprint density at radius 2 is 1.72 bits per heavy atom. The summed E-state index contributed by atoms with van der Waals surface area (Å²) in [6, 6.07) is 18.9. The standard InChI is InChI=1S/C28H24ClF3N2O2/c29-24-11-8-22(9-12-24)23-10-14-25(33-18-23)13-7-21-5-3-20(4-6-21)2-1-16-34-17-15-27(36,26(35)19-34)28(30,31)32/h1-6,8-12,14,18,26,35-36H,15-17,19H2/b2-1+/t26-,27+/m1/s1. The van der Waals surface area contributed by atoms with E-state index in [-0.39, 0.29) is 13.1 Å². The molecule has 0 radical (unpaired) electrons. The van der Waals surface area contributed by atoms with Crippen molar-refractivity contribution in [1.29, 1.82) is 0 Å². The Morgan fingerprint density at radius 3 is 2.33 bits per heavy atom. The van der Waals surface area contributed by atoms with Crippen LogP contribution in [0.4, 0.5) is 13.2 Å². The molecule has 1 aliphatic heterocycles. The maximum absolute atomic E-state index is 13.0. The topological polar surface area (TPSA) is 56.6 Å². The van der Waals surface area contributed by atoms with Crippen molar-refractivity contribution < 1.29 is 23.4 Å². The van der Waals surface area contributed by atoms with E-state index in [9.17, 15) is 23.4 Å². The second-order valence-corrected chi connectivity index (χ2v) is 9.10. The van der Waals surface area contributed by atoms with Gasteiger partial charge in [-0.2, -0.15) is 13.2 Å². The zero-order valence-electron chi connectivity index (χ0n) is 19.2. The van der Waals surface area contributed by atoms with Crippen molar-refractivity contribution in [3.8, 4) is 23.0 Å². The van der Waals surface area contributed by atoms with Crippen molar-refractivity contribution in [2.75, 3.05) is 19.6 Å². The van der Waals surface area contributed by atoms with Gasteiger partial charge >= 0.3 is 6.18 Å². The second kappa shape index (κ2) is 10.9. The molecule has 36 heavy (non-hydrogen) atoms. The highest BCUT2D eigenvalue weighted by atomic mass is 35.5. The first-order chi connectivity index (χ1) is 17.1. The molecular formula is C28H24ClF3N2O2. The summed E-state index contributed by atoms with van der Waals surface area (Å²) in [6.07, 6.45) is -1.84. The number of halogens is 4. The van der Waals surface area contributed by atoms with Gasteiger partial charge in [-0.25, -0.2) is 4.98 Å². The number of likely N-dealkylation sites (tertiary alicyclic amines) is 1. The lowest BCUT2D eigenvalue weighted by molar-refractivity contribution is -0.302. The van der Waals surface area contributed by atoms with E-state index in [1.165, 1.54) is 0 Å². The SMILES string of the molecule is O[C@@H]1CN(C/C=C/c2ccc(C#Cc3ccc(-c4ccc(Cl)cc4)cn3)cc2)CC[C@@]1(O)C(F)(F)F. The van der Waals surface area contributed by atoms with Crippen LogP contribution in [-0.2, 0) is 0 Å². The molecule has 4 rings (SSSR count). The van der Waals surface area contributed by atoms with E-state index in [1.807, 2.05) is 72.8 Å². The smallest absolute Gasteiger partial charge is 0.388 e. The van der Waals surface area contributed by atoms with Gasteiger partial charge in [-0.3, -0.25) is 4.90 Å². The zero-order valence-corrected chi connectivity index (χ0v) is 20.0. The third-order valence-electron chi connectivity index (χ3n) is 6.14. The van der Waals surface area contributed by atoms with Crippen LogP contribution in [0.5, 0.6) is 0 Å². The first-order valence-electron chi connectivity index (χ1n) is 11.3. The third-order valence-corrected chi connectivity index (χ3v) is 6.39. The lowest BCUT2D eigenvalue weighted by atomic mass is 9.88. The van der Waals surface area contributed by atoms with Crippen LogP contribution >= 0.6 is 11.6 Å². The van der Waals surface area contributed by atoms with Crippen LogP contribution in [0.25, 0.3) is 17.2 Å². The molecule has 0 bridgehead atoms. The molecule has 2 aromatic carbocycles. The van der Waals surface area contributed by atoms with Crippen molar-refractivity contribution in [2.45, 2.75) is 24.3 Å². The number of rotatable bonds is 4. The predicted octanol–water partition coefficient (Wildman–Crippen LogP) is 5.18. The molecular weight excluding hydrogens is 489 g/mol. The summed E-state index contributed by atoms with van der Waals surface area (Å²) in [4.78, 5) is 6.08. The highest BCUT2D eigenvalue weighted by molar-refractivity contribution is 6.30. The first-order valence-corrected chi connectivity index (χ1v) is 11.7. The number of aromatic nitrogens is 1. The summed E-state index contributed by atoms with van der Waals surface area (Å²) < 4.78 is 39.0. The molecule has 2 N–H and O–H groups in total. The van der Waals surface area contributed by atoms with Gasteiger partial charge in [0.2, 0.25) is 0 Å². The molecule has 2 heterocycles. The minimum Gasteiger partial charge on any atom is -0.388 e. The van der Waals surface area contributed by atoms with E-state index in [2.05, 4.69) is 16.8 Å². The fourth-order valence-electron chi connectivity index (χ4n) is 3.91. The van der Waals surface area contributed by atoms with Crippen LogP contribution in [0, 0.1) is 11.8 Å². The van der Waals surface area contributed by atoms with Crippen LogP contribution in [0.1, 0.15) is 23.2 Å². The molecule has 1 aromatic heterocycles. The summed E-state index contributed by atoms with van der Waals surface area (Å²) >= 11 is 5.93. The van der Waals surface area contributed by atoms with Crippen LogP contribution in [0.3, 0.4) is 0 Å².